The molecule has 2 aromatic carbocycles. The van der Waals surface area contributed by atoms with Gasteiger partial charge in [0.2, 0.25) is 0 Å². The molecule has 7 heteroatoms. The first-order valence-corrected chi connectivity index (χ1v) is 9.51. The van der Waals surface area contributed by atoms with Crippen LogP contribution in [0.5, 0.6) is 5.75 Å². The molecule has 28 heavy (non-hydrogen) atoms. The van der Waals surface area contributed by atoms with Crippen LogP contribution in [-0.4, -0.2) is 51.6 Å². The Balaban J connectivity index is 1.34. The fourth-order valence-corrected chi connectivity index (χ4v) is 3.98. The minimum absolute atomic E-state index is 0.174. The lowest BCUT2D eigenvalue weighted by Crippen LogP contribution is -3.28. The highest BCUT2D eigenvalue weighted by atomic mass is 19.1. The number of fused-ring (bicyclic) bond motifs is 1. The van der Waals surface area contributed by atoms with Gasteiger partial charge in [-0.15, -0.1) is 0 Å². The van der Waals surface area contributed by atoms with Crippen molar-refractivity contribution >= 4 is 17.4 Å². The summed E-state index contributed by atoms with van der Waals surface area (Å²) in [5, 5.41) is 0. The first kappa shape index (κ1) is 18.6. The van der Waals surface area contributed by atoms with E-state index in [1.54, 1.807) is 7.11 Å². The number of hydrogen-bond acceptors (Lipinski definition) is 3. The second-order valence-electron chi connectivity index (χ2n) is 7.41. The highest BCUT2D eigenvalue weighted by Gasteiger charge is 2.39. The van der Waals surface area contributed by atoms with E-state index in [1.165, 1.54) is 32.4 Å². The van der Waals surface area contributed by atoms with Gasteiger partial charge in [-0.25, -0.2) is 4.39 Å². The molecule has 0 aliphatic carbocycles. The summed E-state index contributed by atoms with van der Waals surface area (Å²) < 4.78 is 18.6. The molecule has 2 N–H and O–H groups in total. The molecular weight excluding hydrogens is 361 g/mol. The van der Waals surface area contributed by atoms with Gasteiger partial charge in [-0.1, -0.05) is 0 Å². The molecule has 4 rings (SSSR count). The van der Waals surface area contributed by atoms with Gasteiger partial charge < -0.3 is 14.5 Å². The molecule has 1 saturated heterocycles. The number of piperazine rings is 1. The summed E-state index contributed by atoms with van der Waals surface area (Å²) in [7, 11) is 1.66. The van der Waals surface area contributed by atoms with Crippen LogP contribution in [0.25, 0.3) is 0 Å². The summed E-state index contributed by atoms with van der Waals surface area (Å²) in [6, 6.07) is 12.1. The number of hydrogen-bond donors (Lipinski definition) is 2. The zero-order chi connectivity index (χ0) is 19.7. The minimum Gasteiger partial charge on any atom is -0.497 e. The average Bonchev–Trinajstić information content (AvgIpc) is 2.94. The molecule has 6 nitrogen and oxygen atoms in total. The monoisotopic (exact) mass is 385 g/mol. The Morgan fingerprint density at radius 2 is 1.68 bits per heavy atom. The number of quaternary nitrogens is 2. The van der Waals surface area contributed by atoms with E-state index in [0.717, 1.165) is 44.5 Å². The molecule has 2 heterocycles. The molecule has 0 unspecified atom stereocenters. The lowest BCUT2D eigenvalue weighted by Gasteiger charge is -2.31. The van der Waals surface area contributed by atoms with Crippen LogP contribution in [0, 0.1) is 5.82 Å². The standard InChI is InChI=1S/C21H22FN3O3/c1-28-17-5-2-15(3-6-17)13-23-8-10-24(11-9-23)14-25-19-7-4-16(22)12-18(19)20(26)21(25)27/h2-7,12H,8-11,13-14H2,1H3/p+2. The van der Waals surface area contributed by atoms with Gasteiger partial charge in [0.15, 0.2) is 6.67 Å². The molecule has 1 fully saturated rings. The number of rotatable bonds is 5. The number of halogens is 1. The maximum atomic E-state index is 13.4. The van der Waals surface area contributed by atoms with Gasteiger partial charge in [0.1, 0.15) is 44.3 Å². The van der Waals surface area contributed by atoms with E-state index in [4.69, 9.17) is 4.74 Å². The molecule has 0 radical (unpaired) electrons. The van der Waals surface area contributed by atoms with E-state index < -0.39 is 17.5 Å². The summed E-state index contributed by atoms with van der Waals surface area (Å²) in [5.74, 6) is -0.804. The molecule has 0 aromatic heterocycles. The minimum atomic E-state index is -0.613. The molecule has 0 spiro atoms. The molecule has 0 bridgehead atoms. The van der Waals surface area contributed by atoms with E-state index in [9.17, 15) is 14.0 Å². The first-order valence-electron chi connectivity index (χ1n) is 9.51. The van der Waals surface area contributed by atoms with Crippen LogP contribution in [0.1, 0.15) is 15.9 Å². The Morgan fingerprint density at radius 1 is 1.00 bits per heavy atom. The van der Waals surface area contributed by atoms with E-state index in [1.807, 2.05) is 12.1 Å². The summed E-state index contributed by atoms with van der Waals surface area (Å²) >= 11 is 0. The second kappa shape index (κ2) is 7.69. The molecule has 2 aliphatic rings. The van der Waals surface area contributed by atoms with Crippen LogP contribution < -0.4 is 19.4 Å². The summed E-state index contributed by atoms with van der Waals surface area (Å²) in [4.78, 5) is 28.7. The normalized spacial score (nSPS) is 21.7. The van der Waals surface area contributed by atoms with E-state index in [-0.39, 0.29) is 5.56 Å². The summed E-state index contributed by atoms with van der Waals surface area (Å²) in [5.41, 5.74) is 1.97. The van der Waals surface area contributed by atoms with Gasteiger partial charge in [-0.2, -0.15) is 0 Å². The smallest absolute Gasteiger partial charge is 0.303 e. The van der Waals surface area contributed by atoms with Crippen molar-refractivity contribution in [3.63, 3.8) is 0 Å². The maximum Gasteiger partial charge on any atom is 0.303 e. The molecule has 1 amide bonds. The fourth-order valence-electron chi connectivity index (χ4n) is 3.98. The number of Topliss-reactive ketones (excluding diaryl/α,β-unsaturated/α-hetero) is 1. The largest absolute Gasteiger partial charge is 0.497 e. The predicted octanol–water partition coefficient (Wildman–Crippen LogP) is -0.695. The molecule has 2 aromatic rings. The Bertz CT molecular complexity index is 892. The van der Waals surface area contributed by atoms with Crippen molar-refractivity contribution in [1.29, 1.82) is 0 Å². The van der Waals surface area contributed by atoms with Crippen LogP contribution in [-0.2, 0) is 11.3 Å². The van der Waals surface area contributed by atoms with Crippen molar-refractivity contribution in [2.24, 2.45) is 0 Å². The highest BCUT2D eigenvalue weighted by molar-refractivity contribution is 6.52. The van der Waals surface area contributed by atoms with Crippen molar-refractivity contribution < 1.29 is 28.5 Å². The quantitative estimate of drug-likeness (QED) is 0.670. The molecule has 0 saturated carbocycles. The van der Waals surface area contributed by atoms with E-state index >= 15 is 0 Å². The van der Waals surface area contributed by atoms with Crippen LogP contribution in [0.4, 0.5) is 10.1 Å². The number of carbonyl (C=O) groups is 2. The third-order valence-electron chi connectivity index (χ3n) is 5.59. The van der Waals surface area contributed by atoms with Gasteiger partial charge in [-0.3, -0.25) is 14.5 Å². The van der Waals surface area contributed by atoms with Crippen LogP contribution in [0.3, 0.4) is 0 Å². The number of methoxy groups -OCH3 is 1. The lowest BCUT2D eigenvalue weighted by atomic mass is 10.1. The fraction of sp³-hybridized carbons (Fsp3) is 0.333. The third kappa shape index (κ3) is 3.63. The van der Waals surface area contributed by atoms with Gasteiger partial charge in [0.25, 0.3) is 5.78 Å². The summed E-state index contributed by atoms with van der Waals surface area (Å²) in [6.45, 7) is 5.22. The molecule has 0 atom stereocenters. The number of ether oxygens (including phenoxy) is 1. The van der Waals surface area contributed by atoms with Crippen LogP contribution >= 0.6 is 0 Å². The topological polar surface area (TPSA) is 55.5 Å². The molecular formula is C21H24FN3O3+2. The average molecular weight is 385 g/mol. The molecule has 146 valence electrons. The zero-order valence-corrected chi connectivity index (χ0v) is 15.8. The Labute approximate surface area is 163 Å². The van der Waals surface area contributed by atoms with Crippen molar-refractivity contribution in [2.75, 3.05) is 44.9 Å². The molecule has 2 aliphatic heterocycles. The number of nitrogens with one attached hydrogen (secondary N) is 2. The van der Waals surface area contributed by atoms with Gasteiger partial charge in [0.05, 0.1) is 18.4 Å². The van der Waals surface area contributed by atoms with E-state index in [0.29, 0.717) is 12.4 Å². The Kier molecular flexibility index (Phi) is 5.11. The Morgan fingerprint density at radius 3 is 2.36 bits per heavy atom. The van der Waals surface area contributed by atoms with Crippen molar-refractivity contribution in [3.8, 4) is 5.75 Å². The van der Waals surface area contributed by atoms with Gasteiger partial charge in [0, 0.05) is 5.56 Å². The predicted molar refractivity (Wildman–Crippen MR) is 101 cm³/mol. The number of nitrogens with zero attached hydrogens (tertiary/aromatic N) is 1. The van der Waals surface area contributed by atoms with E-state index in [2.05, 4.69) is 12.1 Å². The Hall–Kier alpha value is -2.77. The maximum absolute atomic E-state index is 13.4. The second-order valence-corrected chi connectivity index (χ2v) is 7.41. The number of anilines is 1. The number of carbonyl (C=O) groups excluding carboxylic acids is 2. The van der Waals surface area contributed by atoms with Crippen LogP contribution in [0.2, 0.25) is 0 Å². The van der Waals surface area contributed by atoms with Gasteiger partial charge >= 0.3 is 5.91 Å². The number of ketones is 1. The number of benzene rings is 2. The lowest BCUT2D eigenvalue weighted by molar-refractivity contribution is -1.02. The SMILES string of the molecule is COc1ccc(C[NH+]2CC[NH+](CN3C(=O)C(=O)c4cc(F)ccc43)CC2)cc1. The van der Waals surface area contributed by atoms with Crippen molar-refractivity contribution in [2.45, 2.75) is 6.54 Å². The van der Waals surface area contributed by atoms with Gasteiger partial charge in [-0.05, 0) is 42.5 Å². The third-order valence-corrected chi connectivity index (χ3v) is 5.59. The summed E-state index contributed by atoms with van der Waals surface area (Å²) in [6.07, 6.45) is 0. The zero-order valence-electron chi connectivity index (χ0n) is 15.8. The van der Waals surface area contributed by atoms with Crippen molar-refractivity contribution in [3.05, 3.63) is 59.4 Å². The first-order chi connectivity index (χ1) is 13.5. The van der Waals surface area contributed by atoms with Crippen LogP contribution in [0.15, 0.2) is 42.5 Å². The highest BCUT2D eigenvalue weighted by Crippen LogP contribution is 2.28. The van der Waals surface area contributed by atoms with Crippen molar-refractivity contribution in [1.82, 2.24) is 0 Å². The number of amides is 1.